The Balaban J connectivity index is 1.47. The molecule has 0 fully saturated rings. The molecule has 1 aliphatic rings. The van der Waals surface area contributed by atoms with Crippen molar-refractivity contribution in [2.24, 2.45) is 0 Å². The number of aromatic nitrogens is 1. The second kappa shape index (κ2) is 18.6. The van der Waals surface area contributed by atoms with Gasteiger partial charge in [-0.15, -0.1) is 0 Å². The second-order valence-corrected chi connectivity index (χ2v) is 13.7. The van der Waals surface area contributed by atoms with Crippen LogP contribution in [0.4, 0.5) is 38.3 Å². The molecule has 4 aromatic carbocycles. The minimum absolute atomic E-state index is 0.00480. The normalized spacial score (nSPS) is 13.6. The highest BCUT2D eigenvalue weighted by Gasteiger charge is 2.41. The van der Waals surface area contributed by atoms with Gasteiger partial charge in [0.05, 0.1) is 44.0 Å². The topological polar surface area (TPSA) is 108 Å². The number of alkyl halides is 3. The number of benzene rings is 4. The van der Waals surface area contributed by atoms with Crippen molar-refractivity contribution in [1.29, 1.82) is 0 Å². The Morgan fingerprint density at radius 1 is 0.898 bits per heavy atom. The minimum Gasteiger partial charge on any atom is -0.494 e. The number of esters is 1. The number of hydrogen-bond acceptors (Lipinski definition) is 8. The van der Waals surface area contributed by atoms with Crippen LogP contribution in [0, 0.1) is 18.6 Å². The summed E-state index contributed by atoms with van der Waals surface area (Å²) in [5.74, 6) is -2.79. The lowest BCUT2D eigenvalue weighted by molar-refractivity contribution is -0.148. The average molecular weight is 820 g/mol. The van der Waals surface area contributed by atoms with Crippen molar-refractivity contribution < 1.29 is 50.5 Å². The molecule has 0 saturated carbocycles. The molecule has 6 rings (SSSR count). The Labute approximate surface area is 337 Å². The molecular weight excluding hydrogens is 777 g/mol. The van der Waals surface area contributed by atoms with E-state index in [1.807, 2.05) is 6.07 Å². The van der Waals surface area contributed by atoms with Gasteiger partial charge in [0.2, 0.25) is 0 Å². The molecule has 0 unspecified atom stereocenters. The maximum Gasteiger partial charge on any atom is 0.416 e. The highest BCUT2D eigenvalue weighted by molar-refractivity contribution is 5.90. The summed E-state index contributed by atoms with van der Waals surface area (Å²) in [5, 5.41) is 3.21. The molecule has 0 saturated heterocycles. The molecule has 310 valence electrons. The zero-order chi connectivity index (χ0) is 42.3. The summed E-state index contributed by atoms with van der Waals surface area (Å²) in [6.07, 6.45) is -6.44. The Morgan fingerprint density at radius 3 is 2.36 bits per heavy atom. The van der Waals surface area contributed by atoms with Gasteiger partial charge in [0, 0.05) is 35.3 Å². The number of ether oxygens (including phenoxy) is 4. The number of nitrogens with zero attached hydrogens (tertiary/aromatic N) is 2. The Morgan fingerprint density at radius 2 is 1.63 bits per heavy atom. The zero-order valence-corrected chi connectivity index (χ0v) is 32.5. The fourth-order valence-electron chi connectivity index (χ4n) is 7.24. The van der Waals surface area contributed by atoms with Crippen LogP contribution in [0.5, 0.6) is 5.75 Å². The van der Waals surface area contributed by atoms with Gasteiger partial charge in [-0.3, -0.25) is 14.3 Å². The first-order chi connectivity index (χ1) is 28.3. The van der Waals surface area contributed by atoms with Crippen molar-refractivity contribution in [2.75, 3.05) is 50.2 Å². The standard InChI is InChI=1S/C44H42F5N3O7/c1-4-58-38(53)26-57-20-19-50-30-14-8-13-29(21-30)22-31-24-51(43(55)59-25-28-11-6-5-7-12-28)41-33(23-34-35(44(47,48)49)16-10-17-36(34)45)27(2)39(42(54)52(31)41)32-15-9-18-37(56-3)40(32)46/h5-18,21,31,50H,4,19-20,22-26H2,1-3H3/t31-/m0/s1. The average Bonchev–Trinajstić information content (AvgIpc) is 3.58. The molecular formula is C44H42F5N3O7. The third-order valence-corrected chi connectivity index (χ3v) is 9.93. The number of rotatable bonds is 15. The summed E-state index contributed by atoms with van der Waals surface area (Å²) in [7, 11) is 1.25. The van der Waals surface area contributed by atoms with E-state index < -0.39 is 59.0 Å². The number of halogens is 5. The smallest absolute Gasteiger partial charge is 0.416 e. The van der Waals surface area contributed by atoms with Crippen LogP contribution in [0.25, 0.3) is 11.1 Å². The van der Waals surface area contributed by atoms with E-state index >= 15 is 8.78 Å². The number of methoxy groups -OCH3 is 1. The summed E-state index contributed by atoms with van der Waals surface area (Å²) in [6, 6.07) is 21.9. The van der Waals surface area contributed by atoms with Gasteiger partial charge in [-0.05, 0) is 67.3 Å². The van der Waals surface area contributed by atoms with Crippen LogP contribution < -0.4 is 20.5 Å². The lowest BCUT2D eigenvalue weighted by atomic mass is 9.91. The van der Waals surface area contributed by atoms with Crippen LogP contribution in [0.3, 0.4) is 0 Å². The van der Waals surface area contributed by atoms with E-state index in [2.05, 4.69) is 5.32 Å². The summed E-state index contributed by atoms with van der Waals surface area (Å²) >= 11 is 0. The Kier molecular flexibility index (Phi) is 13.3. The molecule has 1 amide bonds. The first-order valence-electron chi connectivity index (χ1n) is 18.8. The quantitative estimate of drug-likeness (QED) is 0.0636. The van der Waals surface area contributed by atoms with Crippen LogP contribution >= 0.6 is 0 Å². The molecule has 1 atom stereocenters. The van der Waals surface area contributed by atoms with Crippen molar-refractivity contribution in [1.82, 2.24) is 4.57 Å². The van der Waals surface area contributed by atoms with Crippen LogP contribution in [0.1, 0.15) is 46.3 Å². The van der Waals surface area contributed by atoms with Gasteiger partial charge in [-0.1, -0.05) is 60.7 Å². The summed E-state index contributed by atoms with van der Waals surface area (Å²) in [4.78, 5) is 41.8. The van der Waals surface area contributed by atoms with E-state index in [-0.39, 0.29) is 73.2 Å². The number of pyridine rings is 1. The second-order valence-electron chi connectivity index (χ2n) is 13.7. The summed E-state index contributed by atoms with van der Waals surface area (Å²) in [6.45, 7) is 3.38. The van der Waals surface area contributed by atoms with E-state index in [1.54, 1.807) is 55.5 Å². The molecule has 0 bridgehead atoms. The van der Waals surface area contributed by atoms with Crippen molar-refractivity contribution in [2.45, 2.75) is 45.5 Å². The van der Waals surface area contributed by atoms with Gasteiger partial charge < -0.3 is 24.3 Å². The fraction of sp³-hybridized carbons (Fsp3) is 0.295. The van der Waals surface area contributed by atoms with Gasteiger partial charge in [0.1, 0.15) is 24.8 Å². The molecule has 1 aliphatic heterocycles. The monoisotopic (exact) mass is 819 g/mol. The summed E-state index contributed by atoms with van der Waals surface area (Å²) < 4.78 is 97.4. The van der Waals surface area contributed by atoms with E-state index in [0.717, 1.165) is 18.2 Å². The van der Waals surface area contributed by atoms with Gasteiger partial charge in [-0.2, -0.15) is 13.2 Å². The largest absolute Gasteiger partial charge is 0.494 e. The minimum atomic E-state index is -4.95. The first-order valence-corrected chi connectivity index (χ1v) is 18.8. The Bertz CT molecular complexity index is 2370. The predicted octanol–water partition coefficient (Wildman–Crippen LogP) is 8.65. The van der Waals surface area contributed by atoms with Gasteiger partial charge in [0.15, 0.2) is 11.6 Å². The zero-order valence-electron chi connectivity index (χ0n) is 32.5. The molecule has 0 aliphatic carbocycles. The summed E-state index contributed by atoms with van der Waals surface area (Å²) in [5.41, 5.74) is -0.977. The molecule has 0 radical (unpaired) electrons. The van der Waals surface area contributed by atoms with Gasteiger partial charge in [0.25, 0.3) is 5.56 Å². The predicted molar refractivity (Wildman–Crippen MR) is 211 cm³/mol. The SMILES string of the molecule is CCOC(=O)COCCNc1cccc(C[C@H]2CN(C(=O)OCc3ccccc3)c3c(Cc4c(F)cccc4C(F)(F)F)c(C)c(-c4cccc(OC)c4F)c(=O)n32)c1. The highest BCUT2D eigenvalue weighted by Crippen LogP contribution is 2.42. The number of amides is 1. The molecule has 1 aromatic heterocycles. The van der Waals surface area contributed by atoms with E-state index in [0.29, 0.717) is 23.4 Å². The van der Waals surface area contributed by atoms with Crippen molar-refractivity contribution in [3.8, 4) is 16.9 Å². The first kappa shape index (κ1) is 42.4. The lowest BCUT2D eigenvalue weighted by Crippen LogP contribution is -2.32. The number of nitrogens with one attached hydrogen (secondary N) is 1. The molecule has 5 aromatic rings. The number of fused-ring (bicyclic) bond motifs is 1. The number of carbonyl (C=O) groups is 2. The molecule has 0 spiro atoms. The molecule has 59 heavy (non-hydrogen) atoms. The van der Waals surface area contributed by atoms with Crippen LogP contribution in [-0.4, -0.2) is 56.6 Å². The maximum absolute atomic E-state index is 16.1. The van der Waals surface area contributed by atoms with E-state index in [4.69, 9.17) is 18.9 Å². The van der Waals surface area contributed by atoms with Crippen LogP contribution in [0.2, 0.25) is 0 Å². The van der Waals surface area contributed by atoms with Crippen molar-refractivity contribution >= 4 is 23.6 Å². The van der Waals surface area contributed by atoms with E-state index in [9.17, 15) is 27.6 Å². The van der Waals surface area contributed by atoms with Crippen molar-refractivity contribution in [3.63, 3.8) is 0 Å². The van der Waals surface area contributed by atoms with E-state index in [1.165, 1.54) is 41.7 Å². The van der Waals surface area contributed by atoms with Gasteiger partial charge >= 0.3 is 18.2 Å². The number of hydrogen-bond donors (Lipinski definition) is 1. The molecule has 2 heterocycles. The van der Waals surface area contributed by atoms with Gasteiger partial charge in [-0.25, -0.2) is 18.4 Å². The third kappa shape index (κ3) is 9.57. The highest BCUT2D eigenvalue weighted by atomic mass is 19.4. The van der Waals surface area contributed by atoms with Crippen LogP contribution in [0.15, 0.2) is 95.8 Å². The lowest BCUT2D eigenvalue weighted by Gasteiger charge is -2.24. The fourth-order valence-corrected chi connectivity index (χ4v) is 7.24. The maximum atomic E-state index is 16.1. The number of carbonyl (C=O) groups excluding carboxylic acids is 2. The molecule has 1 N–H and O–H groups in total. The Hall–Kier alpha value is -6.22. The van der Waals surface area contributed by atoms with Crippen molar-refractivity contribution in [3.05, 3.63) is 146 Å². The molecule has 15 heteroatoms. The molecule has 10 nitrogen and oxygen atoms in total. The third-order valence-electron chi connectivity index (χ3n) is 9.93. The van der Waals surface area contributed by atoms with Crippen LogP contribution in [-0.2, 0) is 44.6 Å². The number of anilines is 2.